The number of thiophene rings is 2. The highest BCUT2D eigenvalue weighted by Crippen LogP contribution is 2.51. The molecule has 2 aromatic rings. The van der Waals surface area contributed by atoms with Gasteiger partial charge in [-0.05, 0) is 56.3 Å². The van der Waals surface area contributed by atoms with Crippen molar-refractivity contribution >= 4 is 28.6 Å². The van der Waals surface area contributed by atoms with Gasteiger partial charge in [-0.3, -0.25) is 0 Å². The van der Waals surface area contributed by atoms with Crippen LogP contribution in [0.1, 0.15) is 35.4 Å². The van der Waals surface area contributed by atoms with E-state index in [2.05, 4.69) is 33.1 Å². The molecule has 170 valence electrons. The maximum Gasteiger partial charge on any atom is 0.349 e. The molecule has 0 saturated heterocycles. The van der Waals surface area contributed by atoms with Gasteiger partial charge in [0.1, 0.15) is 6.10 Å². The molecule has 2 aromatic heterocycles. The van der Waals surface area contributed by atoms with Crippen molar-refractivity contribution in [2.24, 2.45) is 11.8 Å². The molecule has 2 heterocycles. The van der Waals surface area contributed by atoms with Crippen molar-refractivity contribution in [3.63, 3.8) is 0 Å². The number of rotatable bonds is 9. The molecule has 4 atom stereocenters. The Labute approximate surface area is 193 Å². The van der Waals surface area contributed by atoms with Crippen molar-refractivity contribution < 1.29 is 19.1 Å². The van der Waals surface area contributed by atoms with Crippen LogP contribution in [-0.2, 0) is 15.1 Å². The second kappa shape index (κ2) is 8.94. The zero-order chi connectivity index (χ0) is 22.2. The summed E-state index contributed by atoms with van der Waals surface area (Å²) in [6.45, 7) is 2.22. The van der Waals surface area contributed by atoms with Gasteiger partial charge in [-0.2, -0.15) is 0 Å². The molecular weight excluding hydrogens is 428 g/mol. The average Bonchev–Trinajstić information content (AvgIpc) is 3.51. The van der Waals surface area contributed by atoms with Crippen LogP contribution in [0.5, 0.6) is 0 Å². The summed E-state index contributed by atoms with van der Waals surface area (Å²) in [6.07, 6.45) is 4.31. The molecule has 2 saturated carbocycles. The summed E-state index contributed by atoms with van der Waals surface area (Å²) < 4.78 is 7.12. The summed E-state index contributed by atoms with van der Waals surface area (Å²) >= 11 is 2.79. The van der Waals surface area contributed by atoms with E-state index in [4.69, 9.17) is 4.74 Å². The SMILES string of the molecule is CN(C)CCC[N+](C)(C)C1[C@H]2CC[C@@H]1[C@H](OC(=O)C(O)(c1cccs1)c1cccs1)C2. The summed E-state index contributed by atoms with van der Waals surface area (Å²) in [5.41, 5.74) is -1.71. The molecule has 7 heteroatoms. The number of nitrogens with zero attached hydrogens (tertiary/aromatic N) is 2. The molecule has 5 nitrogen and oxygen atoms in total. The molecule has 2 bridgehead atoms. The van der Waals surface area contributed by atoms with Gasteiger partial charge < -0.3 is 19.2 Å². The van der Waals surface area contributed by atoms with Crippen molar-refractivity contribution in [1.82, 2.24) is 4.90 Å². The van der Waals surface area contributed by atoms with E-state index in [9.17, 15) is 9.90 Å². The van der Waals surface area contributed by atoms with Crippen molar-refractivity contribution in [2.75, 3.05) is 41.3 Å². The van der Waals surface area contributed by atoms with Crippen LogP contribution in [0.3, 0.4) is 0 Å². The fourth-order valence-electron chi connectivity index (χ4n) is 5.92. The Bertz CT molecular complexity index is 829. The van der Waals surface area contributed by atoms with E-state index in [1.165, 1.54) is 29.1 Å². The zero-order valence-corrected chi connectivity index (χ0v) is 20.6. The van der Waals surface area contributed by atoms with Gasteiger partial charge in [0.25, 0.3) is 0 Å². The van der Waals surface area contributed by atoms with Gasteiger partial charge >= 0.3 is 5.97 Å². The minimum atomic E-state index is -1.71. The maximum absolute atomic E-state index is 13.4. The van der Waals surface area contributed by atoms with Crippen LogP contribution in [-0.4, -0.2) is 73.9 Å². The highest BCUT2D eigenvalue weighted by molar-refractivity contribution is 7.12. The molecule has 0 aliphatic heterocycles. The molecular formula is C24H35N2O3S2+. The Morgan fingerprint density at radius 1 is 1.19 bits per heavy atom. The molecule has 2 aliphatic rings. The highest BCUT2D eigenvalue weighted by atomic mass is 32.1. The first-order valence-corrected chi connectivity index (χ1v) is 13.0. The van der Waals surface area contributed by atoms with E-state index in [1.54, 1.807) is 0 Å². The summed E-state index contributed by atoms with van der Waals surface area (Å²) in [5.74, 6) is 0.444. The average molecular weight is 464 g/mol. The number of hydrogen-bond acceptors (Lipinski definition) is 6. The number of carbonyl (C=O) groups excluding carboxylic acids is 1. The van der Waals surface area contributed by atoms with Gasteiger partial charge in [0.15, 0.2) is 0 Å². The van der Waals surface area contributed by atoms with E-state index >= 15 is 0 Å². The highest BCUT2D eigenvalue weighted by Gasteiger charge is 2.58. The predicted octanol–water partition coefficient (Wildman–Crippen LogP) is 3.78. The van der Waals surface area contributed by atoms with Crippen molar-refractivity contribution in [1.29, 1.82) is 0 Å². The fourth-order valence-corrected chi connectivity index (χ4v) is 7.63. The van der Waals surface area contributed by atoms with E-state index in [0.29, 0.717) is 27.6 Å². The minimum absolute atomic E-state index is 0.103. The van der Waals surface area contributed by atoms with Crippen molar-refractivity contribution in [3.8, 4) is 0 Å². The summed E-state index contributed by atoms with van der Waals surface area (Å²) in [6, 6.07) is 7.90. The largest absolute Gasteiger partial charge is 0.459 e. The van der Waals surface area contributed by atoms with E-state index in [1.807, 2.05) is 35.0 Å². The molecule has 1 unspecified atom stereocenters. The number of ether oxygens (including phenoxy) is 1. The van der Waals surface area contributed by atoms with Crippen LogP contribution in [0.4, 0.5) is 0 Å². The Kier molecular flexibility index (Phi) is 6.62. The van der Waals surface area contributed by atoms with Gasteiger partial charge in [-0.25, -0.2) is 4.79 Å². The first-order valence-electron chi connectivity index (χ1n) is 11.2. The lowest BCUT2D eigenvalue weighted by molar-refractivity contribution is -0.919. The standard InChI is InChI=1S/C24H35N2O3S2/c1-25(2)12-7-13-26(3,4)22-17-10-11-18(22)19(16-17)29-23(27)24(28,20-8-5-14-30-20)21-9-6-15-31-21/h5-6,8-9,14-15,17-19,22,28H,7,10-13,16H2,1-4H3/q+1/t17-,18+,19+,22?/m0/s1. The fraction of sp³-hybridized carbons (Fsp3) is 0.625. The number of esters is 1. The zero-order valence-electron chi connectivity index (χ0n) is 19.0. The third-order valence-electron chi connectivity index (χ3n) is 7.26. The Morgan fingerprint density at radius 2 is 1.84 bits per heavy atom. The molecule has 31 heavy (non-hydrogen) atoms. The molecule has 0 spiro atoms. The van der Waals surface area contributed by atoms with Crippen molar-refractivity contribution in [3.05, 3.63) is 44.8 Å². The first-order chi connectivity index (χ1) is 14.7. The van der Waals surface area contributed by atoms with Crippen molar-refractivity contribution in [2.45, 2.75) is 43.4 Å². The van der Waals surface area contributed by atoms with Crippen LogP contribution >= 0.6 is 22.7 Å². The molecule has 4 rings (SSSR count). The molecule has 0 radical (unpaired) electrons. The summed E-state index contributed by atoms with van der Waals surface area (Å²) in [5, 5.41) is 15.3. The normalized spacial score (nSPS) is 26.0. The number of carbonyl (C=O) groups is 1. The quantitative estimate of drug-likeness (QED) is 0.454. The number of aliphatic hydroxyl groups is 1. The second-order valence-corrected chi connectivity index (χ2v) is 11.9. The van der Waals surface area contributed by atoms with E-state index in [0.717, 1.165) is 36.8 Å². The molecule has 0 amide bonds. The van der Waals surface area contributed by atoms with Crippen LogP contribution in [0.15, 0.2) is 35.0 Å². The van der Waals surface area contributed by atoms with Gasteiger partial charge in [0.2, 0.25) is 5.60 Å². The van der Waals surface area contributed by atoms with E-state index < -0.39 is 11.6 Å². The predicted molar refractivity (Wildman–Crippen MR) is 126 cm³/mol. The monoisotopic (exact) mass is 463 g/mol. The number of quaternary nitrogens is 1. The van der Waals surface area contributed by atoms with Gasteiger partial charge in [-0.15, -0.1) is 22.7 Å². The smallest absolute Gasteiger partial charge is 0.349 e. The lowest BCUT2D eigenvalue weighted by Crippen LogP contribution is -2.53. The third kappa shape index (κ3) is 4.35. The van der Waals surface area contributed by atoms with Gasteiger partial charge in [0, 0.05) is 24.8 Å². The number of fused-ring (bicyclic) bond motifs is 2. The lowest BCUT2D eigenvalue weighted by atomic mass is 9.96. The van der Waals surface area contributed by atoms with Crippen LogP contribution in [0.25, 0.3) is 0 Å². The van der Waals surface area contributed by atoms with E-state index in [-0.39, 0.29) is 6.10 Å². The van der Waals surface area contributed by atoms with Gasteiger partial charge in [-0.1, -0.05) is 12.1 Å². The third-order valence-corrected chi connectivity index (χ3v) is 9.22. The van der Waals surface area contributed by atoms with Crippen LogP contribution in [0.2, 0.25) is 0 Å². The molecule has 2 aliphatic carbocycles. The minimum Gasteiger partial charge on any atom is -0.459 e. The van der Waals surface area contributed by atoms with Crippen LogP contribution in [0, 0.1) is 11.8 Å². The Balaban J connectivity index is 1.49. The topological polar surface area (TPSA) is 49.8 Å². The summed E-state index contributed by atoms with van der Waals surface area (Å²) in [4.78, 5) is 16.9. The van der Waals surface area contributed by atoms with Crippen LogP contribution < -0.4 is 0 Å². The molecule has 0 aromatic carbocycles. The number of hydrogen-bond donors (Lipinski definition) is 1. The first kappa shape index (κ1) is 22.9. The molecule has 2 fully saturated rings. The van der Waals surface area contributed by atoms with Gasteiger partial charge in [0.05, 0.1) is 36.4 Å². The Morgan fingerprint density at radius 3 is 2.39 bits per heavy atom. The second-order valence-electron chi connectivity index (χ2n) is 10.00. The summed E-state index contributed by atoms with van der Waals surface area (Å²) in [7, 11) is 8.92. The molecule has 1 N–H and O–H groups in total. The Hall–Kier alpha value is -1.25. The lowest BCUT2D eigenvalue weighted by Gasteiger charge is -2.39. The maximum atomic E-state index is 13.4.